The molecule has 0 N–H and O–H groups in total. The zero-order valence-corrected chi connectivity index (χ0v) is 15.5. The molecule has 0 spiro atoms. The van der Waals surface area contributed by atoms with Gasteiger partial charge in [-0.2, -0.15) is 4.52 Å². The first-order chi connectivity index (χ1) is 13.6. The van der Waals surface area contributed by atoms with Crippen LogP contribution in [0.5, 0.6) is 0 Å². The van der Waals surface area contributed by atoms with Crippen LogP contribution in [0.25, 0.3) is 5.65 Å². The molecule has 1 saturated carbocycles. The summed E-state index contributed by atoms with van der Waals surface area (Å²) >= 11 is 0. The van der Waals surface area contributed by atoms with E-state index in [-0.39, 0.29) is 11.6 Å². The Labute approximate surface area is 160 Å². The van der Waals surface area contributed by atoms with Crippen molar-refractivity contribution in [2.45, 2.75) is 32.1 Å². The number of nitrogens with zero attached hydrogens (tertiary/aromatic N) is 8. The number of halogens is 2. The van der Waals surface area contributed by atoms with Crippen LogP contribution in [0.4, 0.5) is 20.4 Å². The normalized spacial score (nSPS) is 17.7. The van der Waals surface area contributed by atoms with Crippen molar-refractivity contribution in [1.82, 2.24) is 29.8 Å². The Morgan fingerprint density at radius 2 is 1.68 bits per heavy atom. The second-order valence-electron chi connectivity index (χ2n) is 7.27. The Bertz CT molecular complexity index is 988. The smallest absolute Gasteiger partial charge is 0.280 e. The molecule has 0 amide bonds. The standard InChI is InChI=1S/C18H20F2N8/c1-11-23-24-14-4-5-15(25-28(11)14)26-6-8-27(9-7-26)16-10-13(17(19)20)21-18(22-16)12-2-3-12/h4-5,10,12,17H,2-3,6-9H2,1H3. The van der Waals surface area contributed by atoms with Crippen molar-refractivity contribution >= 4 is 17.3 Å². The van der Waals surface area contributed by atoms with Gasteiger partial charge in [0.2, 0.25) is 0 Å². The summed E-state index contributed by atoms with van der Waals surface area (Å²) in [6, 6.07) is 5.26. The van der Waals surface area contributed by atoms with Crippen molar-refractivity contribution in [3.8, 4) is 0 Å². The summed E-state index contributed by atoms with van der Waals surface area (Å²) in [6.07, 6.45) is -0.615. The molecular formula is C18H20F2N8. The van der Waals surface area contributed by atoms with E-state index in [0.29, 0.717) is 30.4 Å². The van der Waals surface area contributed by atoms with Crippen LogP contribution in [0, 0.1) is 6.92 Å². The van der Waals surface area contributed by atoms with Gasteiger partial charge in [-0.25, -0.2) is 18.7 Å². The van der Waals surface area contributed by atoms with E-state index in [1.165, 1.54) is 6.07 Å². The van der Waals surface area contributed by atoms with Crippen molar-refractivity contribution in [1.29, 1.82) is 0 Å². The van der Waals surface area contributed by atoms with E-state index in [2.05, 4.69) is 35.1 Å². The third-order valence-electron chi connectivity index (χ3n) is 5.25. The van der Waals surface area contributed by atoms with Crippen molar-refractivity contribution in [2.24, 2.45) is 0 Å². The van der Waals surface area contributed by atoms with Crippen LogP contribution in [0.15, 0.2) is 18.2 Å². The minimum Gasteiger partial charge on any atom is -0.353 e. The lowest BCUT2D eigenvalue weighted by molar-refractivity contribution is 0.145. The molecule has 0 atom stereocenters. The molecule has 146 valence electrons. The predicted molar refractivity (Wildman–Crippen MR) is 98.9 cm³/mol. The third kappa shape index (κ3) is 3.12. The van der Waals surface area contributed by atoms with Crippen LogP contribution < -0.4 is 9.80 Å². The van der Waals surface area contributed by atoms with E-state index in [1.807, 2.05) is 19.1 Å². The molecular weight excluding hydrogens is 366 g/mol. The zero-order chi connectivity index (χ0) is 19.3. The molecule has 0 radical (unpaired) electrons. The summed E-state index contributed by atoms with van der Waals surface area (Å²) < 4.78 is 28.2. The lowest BCUT2D eigenvalue weighted by atomic mass is 10.2. The average Bonchev–Trinajstić information content (AvgIpc) is 3.51. The highest BCUT2D eigenvalue weighted by molar-refractivity contribution is 5.48. The number of fused-ring (bicyclic) bond motifs is 1. The Hall–Kier alpha value is -2.91. The number of aryl methyl sites for hydroxylation is 1. The second-order valence-corrected chi connectivity index (χ2v) is 7.27. The maximum Gasteiger partial charge on any atom is 0.280 e. The minimum absolute atomic E-state index is 0.176. The highest BCUT2D eigenvalue weighted by Crippen LogP contribution is 2.39. The first-order valence-electron chi connectivity index (χ1n) is 9.44. The Morgan fingerprint density at radius 1 is 0.964 bits per heavy atom. The minimum atomic E-state index is -2.58. The molecule has 0 bridgehead atoms. The van der Waals surface area contributed by atoms with Gasteiger partial charge in [0.25, 0.3) is 6.43 Å². The van der Waals surface area contributed by atoms with Crippen LogP contribution in [-0.2, 0) is 0 Å². The topological polar surface area (TPSA) is 75.3 Å². The van der Waals surface area contributed by atoms with Crippen LogP contribution in [0.2, 0.25) is 0 Å². The number of hydrogen-bond donors (Lipinski definition) is 0. The predicted octanol–water partition coefficient (Wildman–Crippen LogP) is 2.36. The van der Waals surface area contributed by atoms with E-state index < -0.39 is 6.43 Å². The molecule has 5 rings (SSSR count). The first kappa shape index (κ1) is 17.2. The van der Waals surface area contributed by atoms with Gasteiger partial charge in [-0.15, -0.1) is 15.3 Å². The number of rotatable bonds is 4. The van der Waals surface area contributed by atoms with Crippen molar-refractivity contribution in [2.75, 3.05) is 36.0 Å². The Morgan fingerprint density at radius 3 is 2.36 bits per heavy atom. The van der Waals surface area contributed by atoms with E-state index in [0.717, 1.165) is 37.6 Å². The highest BCUT2D eigenvalue weighted by atomic mass is 19.3. The molecule has 3 aromatic heterocycles. The molecule has 10 heteroatoms. The first-order valence-corrected chi connectivity index (χ1v) is 9.44. The van der Waals surface area contributed by atoms with E-state index in [1.54, 1.807) is 4.52 Å². The SMILES string of the molecule is Cc1nnc2ccc(N3CCN(c4cc(C(F)F)nc(C5CC5)n4)CC3)nn12. The van der Waals surface area contributed by atoms with Crippen LogP contribution in [0.3, 0.4) is 0 Å². The lowest BCUT2D eigenvalue weighted by Crippen LogP contribution is -2.47. The molecule has 28 heavy (non-hydrogen) atoms. The molecule has 0 unspecified atom stereocenters. The van der Waals surface area contributed by atoms with Crippen molar-refractivity contribution in [3.05, 3.63) is 35.5 Å². The number of anilines is 2. The fourth-order valence-corrected chi connectivity index (χ4v) is 3.49. The summed E-state index contributed by atoms with van der Waals surface area (Å²) in [5, 5.41) is 12.7. The van der Waals surface area contributed by atoms with Crippen molar-refractivity contribution in [3.63, 3.8) is 0 Å². The summed E-state index contributed by atoms with van der Waals surface area (Å²) in [7, 11) is 0. The highest BCUT2D eigenvalue weighted by Gasteiger charge is 2.30. The van der Waals surface area contributed by atoms with Gasteiger partial charge >= 0.3 is 0 Å². The Balaban J connectivity index is 1.34. The summed E-state index contributed by atoms with van der Waals surface area (Å²) in [4.78, 5) is 12.9. The Kier molecular flexibility index (Phi) is 4.06. The maximum atomic E-state index is 13.3. The largest absolute Gasteiger partial charge is 0.353 e. The van der Waals surface area contributed by atoms with E-state index in [4.69, 9.17) is 0 Å². The van der Waals surface area contributed by atoms with Gasteiger partial charge in [0.1, 0.15) is 23.2 Å². The number of hydrogen-bond acceptors (Lipinski definition) is 7. The summed E-state index contributed by atoms with van der Waals surface area (Å²) in [5.74, 6) is 2.99. The van der Waals surface area contributed by atoms with Gasteiger partial charge in [-0.3, -0.25) is 0 Å². The molecule has 1 aliphatic carbocycles. The quantitative estimate of drug-likeness (QED) is 0.681. The number of alkyl halides is 2. The molecule has 2 fully saturated rings. The van der Waals surface area contributed by atoms with Gasteiger partial charge < -0.3 is 9.80 Å². The van der Waals surface area contributed by atoms with Gasteiger partial charge in [0.05, 0.1) is 0 Å². The number of aromatic nitrogens is 6. The van der Waals surface area contributed by atoms with Crippen molar-refractivity contribution < 1.29 is 8.78 Å². The van der Waals surface area contributed by atoms with E-state index in [9.17, 15) is 8.78 Å². The zero-order valence-electron chi connectivity index (χ0n) is 15.5. The molecule has 1 saturated heterocycles. The van der Waals surface area contributed by atoms with Crippen LogP contribution in [0.1, 0.15) is 42.5 Å². The van der Waals surface area contributed by atoms with Crippen LogP contribution in [-0.4, -0.2) is 56.0 Å². The third-order valence-corrected chi connectivity index (χ3v) is 5.25. The maximum absolute atomic E-state index is 13.3. The molecule has 2 aliphatic rings. The van der Waals surface area contributed by atoms with Gasteiger partial charge in [0.15, 0.2) is 11.5 Å². The van der Waals surface area contributed by atoms with E-state index >= 15 is 0 Å². The summed E-state index contributed by atoms with van der Waals surface area (Å²) in [5.41, 5.74) is 0.539. The molecule has 3 aromatic rings. The molecule has 1 aliphatic heterocycles. The number of piperazine rings is 1. The van der Waals surface area contributed by atoms with Crippen LogP contribution >= 0.6 is 0 Å². The second kappa shape index (κ2) is 6.61. The fraction of sp³-hybridized carbons (Fsp3) is 0.500. The molecule has 0 aromatic carbocycles. The monoisotopic (exact) mass is 386 g/mol. The van der Waals surface area contributed by atoms with Gasteiger partial charge in [-0.1, -0.05) is 0 Å². The fourth-order valence-electron chi connectivity index (χ4n) is 3.49. The molecule has 4 heterocycles. The van der Waals surface area contributed by atoms with Gasteiger partial charge in [0, 0.05) is 38.2 Å². The van der Waals surface area contributed by atoms with Gasteiger partial charge in [-0.05, 0) is 31.9 Å². The lowest BCUT2D eigenvalue weighted by Gasteiger charge is -2.36. The molecule has 8 nitrogen and oxygen atoms in total. The summed E-state index contributed by atoms with van der Waals surface area (Å²) in [6.45, 7) is 4.69. The average molecular weight is 386 g/mol.